The lowest BCUT2D eigenvalue weighted by Gasteiger charge is -2.43. The third-order valence-corrected chi connectivity index (χ3v) is 8.97. The summed E-state index contributed by atoms with van der Waals surface area (Å²) in [7, 11) is -7.23. The lowest BCUT2D eigenvalue weighted by Crippen LogP contribution is -2.59. The maximum atomic E-state index is 13.3. The van der Waals surface area contributed by atoms with Gasteiger partial charge in [-0.25, -0.2) is 16.8 Å². The highest BCUT2D eigenvalue weighted by Gasteiger charge is 2.38. The van der Waals surface area contributed by atoms with E-state index >= 15 is 0 Å². The molecule has 182 valence electrons. The number of hydrogen-bond donors (Lipinski definition) is 1. The van der Waals surface area contributed by atoms with Gasteiger partial charge >= 0.3 is 0 Å². The number of hydrogen-bond acceptors (Lipinski definition) is 7. The third-order valence-electron chi connectivity index (χ3n) is 5.73. The minimum Gasteiger partial charge on any atom is -0.325 e. The third kappa shape index (κ3) is 5.64. The minimum absolute atomic E-state index is 0.0367. The summed E-state index contributed by atoms with van der Waals surface area (Å²) >= 11 is 0. The Morgan fingerprint density at radius 1 is 1.06 bits per heavy atom. The first-order chi connectivity index (χ1) is 15.8. The summed E-state index contributed by atoms with van der Waals surface area (Å²) in [5, 5.41) is 11.9. The van der Waals surface area contributed by atoms with Crippen molar-refractivity contribution >= 4 is 31.5 Å². The zero-order chi connectivity index (χ0) is 25.3. The quantitative estimate of drug-likeness (QED) is 0.637. The molecule has 1 saturated heterocycles. The summed E-state index contributed by atoms with van der Waals surface area (Å²) in [6.45, 7) is 6.07. The van der Waals surface area contributed by atoms with Crippen LogP contribution in [0.5, 0.6) is 0 Å². The van der Waals surface area contributed by atoms with Gasteiger partial charge < -0.3 is 5.32 Å². The number of nitrogens with one attached hydrogen (secondary N) is 1. The number of rotatable bonds is 6. The normalized spacial score (nSPS) is 20.0. The number of carbonyl (C=O) groups excluding carboxylic acids is 1. The topological polar surface area (TPSA) is 128 Å². The molecule has 1 aliphatic heterocycles. The van der Waals surface area contributed by atoms with Gasteiger partial charge in [-0.05, 0) is 56.7 Å². The number of benzene rings is 2. The van der Waals surface area contributed by atoms with Crippen molar-refractivity contribution in [2.24, 2.45) is 0 Å². The van der Waals surface area contributed by atoms with Crippen molar-refractivity contribution in [3.63, 3.8) is 0 Å². The molecule has 1 heterocycles. The smallest absolute Gasteiger partial charge is 0.243 e. The molecular weight excluding hydrogens is 476 g/mol. The number of amides is 1. The predicted molar refractivity (Wildman–Crippen MR) is 128 cm³/mol. The molecule has 1 amide bonds. The fourth-order valence-corrected chi connectivity index (χ4v) is 6.73. The van der Waals surface area contributed by atoms with Crippen LogP contribution in [-0.2, 0) is 24.7 Å². The molecule has 2 atom stereocenters. The van der Waals surface area contributed by atoms with Crippen molar-refractivity contribution in [2.45, 2.75) is 42.6 Å². The first kappa shape index (κ1) is 25.8. The number of aryl methyl sites for hydroxylation is 1. The molecule has 34 heavy (non-hydrogen) atoms. The van der Waals surface area contributed by atoms with Crippen LogP contribution in [0.2, 0.25) is 0 Å². The van der Waals surface area contributed by atoms with Gasteiger partial charge in [-0.1, -0.05) is 12.1 Å². The van der Waals surface area contributed by atoms with Gasteiger partial charge in [0.25, 0.3) is 0 Å². The summed E-state index contributed by atoms with van der Waals surface area (Å²) in [5.41, 5.74) is 1.43. The molecule has 0 aromatic heterocycles. The highest BCUT2D eigenvalue weighted by atomic mass is 32.2. The van der Waals surface area contributed by atoms with Crippen molar-refractivity contribution in [1.82, 2.24) is 9.21 Å². The van der Waals surface area contributed by atoms with Crippen LogP contribution < -0.4 is 5.32 Å². The fraction of sp³-hybridized carbons (Fsp3) is 0.391. The van der Waals surface area contributed by atoms with Crippen molar-refractivity contribution in [2.75, 3.05) is 31.2 Å². The molecule has 9 nitrogen and oxygen atoms in total. The van der Waals surface area contributed by atoms with E-state index in [1.165, 1.54) is 28.6 Å². The molecule has 2 aromatic rings. The van der Waals surface area contributed by atoms with E-state index in [9.17, 15) is 21.6 Å². The fourth-order valence-electron chi connectivity index (χ4n) is 4.23. The molecule has 0 spiro atoms. The molecule has 0 bridgehead atoms. The Morgan fingerprint density at radius 3 is 2.29 bits per heavy atom. The maximum Gasteiger partial charge on any atom is 0.243 e. The van der Waals surface area contributed by atoms with Crippen LogP contribution in [0.3, 0.4) is 0 Å². The lowest BCUT2D eigenvalue weighted by atomic mass is 10.1. The van der Waals surface area contributed by atoms with E-state index in [1.807, 2.05) is 11.0 Å². The van der Waals surface area contributed by atoms with Gasteiger partial charge in [-0.2, -0.15) is 9.57 Å². The molecule has 1 fully saturated rings. The maximum absolute atomic E-state index is 13.3. The highest BCUT2D eigenvalue weighted by Crippen LogP contribution is 2.26. The first-order valence-corrected chi connectivity index (χ1v) is 14.0. The summed E-state index contributed by atoms with van der Waals surface area (Å²) in [5.74, 6) is -0.314. The van der Waals surface area contributed by atoms with Crippen LogP contribution in [0.25, 0.3) is 0 Å². The second-order valence-corrected chi connectivity index (χ2v) is 12.5. The summed E-state index contributed by atoms with van der Waals surface area (Å²) in [4.78, 5) is 14.8. The Bertz CT molecular complexity index is 1340. The van der Waals surface area contributed by atoms with E-state index in [-0.39, 0.29) is 27.8 Å². The van der Waals surface area contributed by atoms with E-state index in [0.29, 0.717) is 18.8 Å². The summed E-state index contributed by atoms with van der Waals surface area (Å²) in [6, 6.07) is 11.7. The number of piperazine rings is 1. The van der Waals surface area contributed by atoms with E-state index in [0.717, 1.165) is 11.8 Å². The Labute approximate surface area is 201 Å². The van der Waals surface area contributed by atoms with Gasteiger partial charge in [0, 0.05) is 37.1 Å². The Balaban J connectivity index is 1.71. The van der Waals surface area contributed by atoms with Crippen LogP contribution >= 0.6 is 0 Å². The van der Waals surface area contributed by atoms with Gasteiger partial charge in [-0.3, -0.25) is 9.69 Å². The van der Waals surface area contributed by atoms with E-state index < -0.39 is 31.9 Å². The van der Waals surface area contributed by atoms with Gasteiger partial charge in [0.15, 0.2) is 9.84 Å². The predicted octanol–water partition coefficient (Wildman–Crippen LogP) is 1.99. The van der Waals surface area contributed by atoms with Crippen molar-refractivity contribution in [3.05, 3.63) is 53.6 Å². The van der Waals surface area contributed by atoms with Gasteiger partial charge in [0.1, 0.15) is 0 Å². The zero-order valence-corrected chi connectivity index (χ0v) is 21.1. The average molecular weight is 505 g/mol. The summed E-state index contributed by atoms with van der Waals surface area (Å²) < 4.78 is 51.6. The monoisotopic (exact) mass is 504 g/mol. The van der Waals surface area contributed by atoms with E-state index in [1.54, 1.807) is 39.0 Å². The molecular formula is C23H28N4O5S2. The molecule has 0 radical (unpaired) electrons. The number of carbonyl (C=O) groups is 1. The van der Waals surface area contributed by atoms with Crippen molar-refractivity contribution < 1.29 is 21.6 Å². The molecule has 3 rings (SSSR count). The highest BCUT2D eigenvalue weighted by molar-refractivity contribution is 7.90. The minimum atomic E-state index is -3.82. The molecule has 2 aromatic carbocycles. The van der Waals surface area contributed by atoms with Crippen LogP contribution in [0.15, 0.2) is 52.3 Å². The van der Waals surface area contributed by atoms with Crippen molar-refractivity contribution in [1.29, 1.82) is 5.26 Å². The number of anilines is 1. The Morgan fingerprint density at radius 2 is 1.71 bits per heavy atom. The second kappa shape index (κ2) is 9.84. The van der Waals surface area contributed by atoms with Crippen LogP contribution in [0.4, 0.5) is 5.69 Å². The van der Waals surface area contributed by atoms with Gasteiger partial charge in [-0.15, -0.1) is 0 Å². The number of nitrogens with zero attached hydrogens (tertiary/aromatic N) is 3. The van der Waals surface area contributed by atoms with Gasteiger partial charge in [0.05, 0.1) is 28.0 Å². The SMILES string of the molecule is Cc1ccc(S(C)(=O)=O)cc1NC(=O)CN1CC(C)N(S(=O)(=O)c2cccc(C#N)c2)C(C)C1. The molecule has 0 aliphatic carbocycles. The first-order valence-electron chi connectivity index (χ1n) is 10.7. The zero-order valence-electron chi connectivity index (χ0n) is 19.5. The number of sulfonamides is 1. The van der Waals surface area contributed by atoms with Crippen LogP contribution in [0.1, 0.15) is 25.0 Å². The lowest BCUT2D eigenvalue weighted by molar-refractivity contribution is -0.118. The molecule has 0 saturated carbocycles. The van der Waals surface area contributed by atoms with Crippen LogP contribution in [-0.4, -0.2) is 69.9 Å². The number of sulfone groups is 1. The molecule has 2 unspecified atom stereocenters. The summed E-state index contributed by atoms with van der Waals surface area (Å²) in [6.07, 6.45) is 1.11. The standard InChI is InChI=1S/C23H28N4O5S2/c1-16-8-9-20(33(4,29)30)11-22(16)25-23(28)15-26-13-17(2)27(18(3)14-26)34(31,32)21-7-5-6-19(10-21)12-24/h5-11,17-18H,13-15H2,1-4H3,(H,25,28). The van der Waals surface area contributed by atoms with Crippen LogP contribution in [0, 0.1) is 18.3 Å². The second-order valence-electron chi connectivity index (χ2n) is 8.66. The average Bonchev–Trinajstić information content (AvgIpc) is 2.73. The molecule has 1 N–H and O–H groups in total. The van der Waals surface area contributed by atoms with Gasteiger partial charge in [0.2, 0.25) is 15.9 Å². The largest absolute Gasteiger partial charge is 0.325 e. The molecule has 11 heteroatoms. The molecule has 1 aliphatic rings. The Hall–Kier alpha value is -2.78. The van der Waals surface area contributed by atoms with E-state index in [4.69, 9.17) is 5.26 Å². The van der Waals surface area contributed by atoms with Crippen molar-refractivity contribution in [3.8, 4) is 6.07 Å². The van der Waals surface area contributed by atoms with E-state index in [2.05, 4.69) is 5.32 Å². The Kier molecular flexibility index (Phi) is 7.47. The number of nitriles is 1.